The average Bonchev–Trinajstić information content (AvgIpc) is 2.74. The first kappa shape index (κ1) is 18.2. The number of carbonyl (C=O) groups excluding carboxylic acids is 1. The Balaban J connectivity index is 1.30. The second-order valence-electron chi connectivity index (χ2n) is 6.28. The van der Waals surface area contributed by atoms with Crippen LogP contribution in [0.5, 0.6) is 23.0 Å². The number of hydrogen-bond acceptors (Lipinski definition) is 4. The van der Waals surface area contributed by atoms with Crippen molar-refractivity contribution in [2.24, 2.45) is 0 Å². The van der Waals surface area contributed by atoms with Gasteiger partial charge in [0, 0.05) is 11.6 Å². The summed E-state index contributed by atoms with van der Waals surface area (Å²) in [5.41, 5.74) is 0.953. The van der Waals surface area contributed by atoms with Crippen molar-refractivity contribution in [2.75, 3.05) is 6.61 Å². The van der Waals surface area contributed by atoms with Crippen LogP contribution < -0.4 is 19.5 Å². The predicted octanol–water partition coefficient (Wildman–Crippen LogP) is 4.59. The number of benzene rings is 3. The molecule has 0 unspecified atom stereocenters. The van der Waals surface area contributed by atoms with Gasteiger partial charge in [0.15, 0.2) is 11.5 Å². The highest BCUT2D eigenvalue weighted by atomic mass is 35.5. The summed E-state index contributed by atoms with van der Waals surface area (Å²) in [6.07, 6.45) is -0.664. The molecule has 0 bridgehead atoms. The summed E-state index contributed by atoms with van der Waals surface area (Å²) in [5, 5.41) is 3.54. The molecule has 1 aliphatic heterocycles. The first-order valence-electron chi connectivity index (χ1n) is 8.86. The van der Waals surface area contributed by atoms with Gasteiger partial charge in [0.2, 0.25) is 6.10 Å². The molecule has 0 saturated carbocycles. The molecular weight excluding hydrogens is 378 g/mol. The molecule has 1 N–H and O–H groups in total. The SMILES string of the molecule is O=C(NCc1ccc(Oc2ccc(Cl)cc2)cc1)[C@@H]1COc2ccccc2O1. The van der Waals surface area contributed by atoms with E-state index in [1.807, 2.05) is 42.5 Å². The zero-order chi connectivity index (χ0) is 19.3. The number of para-hydroxylation sites is 2. The molecule has 0 aliphatic carbocycles. The predicted molar refractivity (Wildman–Crippen MR) is 106 cm³/mol. The molecule has 0 aromatic heterocycles. The van der Waals surface area contributed by atoms with Gasteiger partial charge in [0.05, 0.1) is 0 Å². The summed E-state index contributed by atoms with van der Waals surface area (Å²) in [7, 11) is 0. The Bertz CT molecular complexity index is 957. The monoisotopic (exact) mass is 395 g/mol. The van der Waals surface area contributed by atoms with Crippen molar-refractivity contribution in [3.63, 3.8) is 0 Å². The van der Waals surface area contributed by atoms with E-state index in [-0.39, 0.29) is 12.5 Å². The lowest BCUT2D eigenvalue weighted by Crippen LogP contribution is -2.43. The molecule has 3 aromatic rings. The van der Waals surface area contributed by atoms with E-state index in [1.165, 1.54) is 0 Å². The maximum absolute atomic E-state index is 12.4. The molecule has 1 atom stereocenters. The van der Waals surface area contributed by atoms with Crippen molar-refractivity contribution in [2.45, 2.75) is 12.6 Å². The van der Waals surface area contributed by atoms with Crippen molar-refractivity contribution >= 4 is 17.5 Å². The summed E-state index contributed by atoms with van der Waals surface area (Å²) < 4.78 is 17.0. The molecule has 3 aromatic carbocycles. The molecule has 4 rings (SSSR count). The lowest BCUT2D eigenvalue weighted by Gasteiger charge is -2.25. The van der Waals surface area contributed by atoms with Crippen molar-refractivity contribution in [1.29, 1.82) is 0 Å². The van der Waals surface area contributed by atoms with Crippen LogP contribution in [0.3, 0.4) is 0 Å². The lowest BCUT2D eigenvalue weighted by atomic mass is 10.2. The third kappa shape index (κ3) is 4.38. The van der Waals surface area contributed by atoms with Gasteiger partial charge in [0.25, 0.3) is 5.91 Å². The molecule has 1 amide bonds. The van der Waals surface area contributed by atoms with E-state index in [0.29, 0.717) is 34.6 Å². The van der Waals surface area contributed by atoms with Crippen molar-refractivity contribution in [3.8, 4) is 23.0 Å². The van der Waals surface area contributed by atoms with Gasteiger partial charge >= 0.3 is 0 Å². The number of rotatable bonds is 5. The number of fused-ring (bicyclic) bond motifs is 1. The zero-order valence-electron chi connectivity index (χ0n) is 14.9. The molecule has 0 saturated heterocycles. The first-order chi connectivity index (χ1) is 13.7. The van der Waals surface area contributed by atoms with Crippen LogP contribution >= 0.6 is 11.6 Å². The molecule has 28 heavy (non-hydrogen) atoms. The summed E-state index contributed by atoms with van der Waals surface area (Å²) >= 11 is 5.87. The largest absolute Gasteiger partial charge is 0.485 e. The van der Waals surface area contributed by atoms with Gasteiger partial charge in [-0.25, -0.2) is 0 Å². The normalized spacial score (nSPS) is 15.0. The van der Waals surface area contributed by atoms with E-state index in [1.54, 1.807) is 30.3 Å². The van der Waals surface area contributed by atoms with Gasteiger partial charge in [-0.1, -0.05) is 35.9 Å². The molecule has 0 spiro atoms. The van der Waals surface area contributed by atoms with Crippen molar-refractivity contribution in [3.05, 3.63) is 83.4 Å². The number of hydrogen-bond donors (Lipinski definition) is 1. The van der Waals surface area contributed by atoms with Gasteiger partial charge < -0.3 is 19.5 Å². The van der Waals surface area contributed by atoms with Crippen LogP contribution in [0.1, 0.15) is 5.56 Å². The molecule has 1 aliphatic rings. The minimum Gasteiger partial charge on any atom is -0.485 e. The third-order valence-corrected chi connectivity index (χ3v) is 4.49. The number of halogens is 1. The fraction of sp³-hybridized carbons (Fsp3) is 0.136. The Morgan fingerprint density at radius 3 is 2.32 bits per heavy atom. The standard InChI is InChI=1S/C22H18ClNO4/c23-16-7-11-18(12-8-16)27-17-9-5-15(6-10-17)13-24-22(25)21-14-26-19-3-1-2-4-20(19)28-21/h1-12,21H,13-14H2,(H,24,25)/t21-/m0/s1. The second-order valence-corrected chi connectivity index (χ2v) is 6.72. The maximum Gasteiger partial charge on any atom is 0.264 e. The molecule has 1 heterocycles. The van der Waals surface area contributed by atoms with Crippen LogP contribution in [0.2, 0.25) is 5.02 Å². The Kier molecular flexibility index (Phi) is 5.35. The van der Waals surface area contributed by atoms with Gasteiger partial charge in [0.1, 0.15) is 18.1 Å². The Labute approximate surface area is 167 Å². The highest BCUT2D eigenvalue weighted by Crippen LogP contribution is 2.31. The topological polar surface area (TPSA) is 56.8 Å². The third-order valence-electron chi connectivity index (χ3n) is 4.24. The van der Waals surface area contributed by atoms with Gasteiger partial charge in [-0.3, -0.25) is 4.79 Å². The van der Waals surface area contributed by atoms with Gasteiger partial charge in [-0.05, 0) is 54.1 Å². The molecule has 0 fully saturated rings. The first-order valence-corrected chi connectivity index (χ1v) is 9.24. The van der Waals surface area contributed by atoms with Gasteiger partial charge in [-0.15, -0.1) is 0 Å². The van der Waals surface area contributed by atoms with Crippen LogP contribution in [0, 0.1) is 0 Å². The maximum atomic E-state index is 12.4. The summed E-state index contributed by atoms with van der Waals surface area (Å²) in [6, 6.07) is 22.0. The Hall–Kier alpha value is -3.18. The molecule has 5 nitrogen and oxygen atoms in total. The van der Waals surface area contributed by atoms with Crippen LogP contribution in [0.4, 0.5) is 0 Å². The molecule has 142 valence electrons. The second kappa shape index (κ2) is 8.23. The smallest absolute Gasteiger partial charge is 0.264 e. The number of carbonyl (C=O) groups is 1. The number of amides is 1. The average molecular weight is 396 g/mol. The number of ether oxygens (including phenoxy) is 3. The highest BCUT2D eigenvalue weighted by Gasteiger charge is 2.26. The quantitative estimate of drug-likeness (QED) is 0.686. The fourth-order valence-corrected chi connectivity index (χ4v) is 2.89. The van der Waals surface area contributed by atoms with E-state index in [4.69, 9.17) is 25.8 Å². The fourth-order valence-electron chi connectivity index (χ4n) is 2.77. The summed E-state index contributed by atoms with van der Waals surface area (Å²) in [4.78, 5) is 12.4. The zero-order valence-corrected chi connectivity index (χ0v) is 15.7. The van der Waals surface area contributed by atoms with Crippen LogP contribution in [-0.4, -0.2) is 18.6 Å². The minimum absolute atomic E-state index is 0.191. The Morgan fingerprint density at radius 1 is 0.964 bits per heavy atom. The van der Waals surface area contributed by atoms with E-state index in [2.05, 4.69) is 5.32 Å². The van der Waals surface area contributed by atoms with Crippen LogP contribution in [0.15, 0.2) is 72.8 Å². The van der Waals surface area contributed by atoms with Crippen LogP contribution in [-0.2, 0) is 11.3 Å². The molecule has 6 heteroatoms. The lowest BCUT2D eigenvalue weighted by molar-refractivity contribution is -0.130. The van der Waals surface area contributed by atoms with Crippen LogP contribution in [0.25, 0.3) is 0 Å². The molecular formula is C22H18ClNO4. The van der Waals surface area contributed by atoms with E-state index in [9.17, 15) is 4.79 Å². The van der Waals surface area contributed by atoms with Crippen molar-refractivity contribution < 1.29 is 19.0 Å². The Morgan fingerprint density at radius 2 is 1.61 bits per heavy atom. The highest BCUT2D eigenvalue weighted by molar-refractivity contribution is 6.30. The van der Waals surface area contributed by atoms with E-state index >= 15 is 0 Å². The van der Waals surface area contributed by atoms with Crippen molar-refractivity contribution in [1.82, 2.24) is 5.32 Å². The van der Waals surface area contributed by atoms with E-state index in [0.717, 1.165) is 5.56 Å². The van der Waals surface area contributed by atoms with Gasteiger partial charge in [-0.2, -0.15) is 0 Å². The van der Waals surface area contributed by atoms with E-state index < -0.39 is 6.10 Å². The summed E-state index contributed by atoms with van der Waals surface area (Å²) in [5.74, 6) is 2.44. The molecule has 0 radical (unpaired) electrons. The number of nitrogens with one attached hydrogen (secondary N) is 1. The summed E-state index contributed by atoms with van der Waals surface area (Å²) in [6.45, 7) is 0.582. The minimum atomic E-state index is -0.664.